The van der Waals surface area contributed by atoms with Gasteiger partial charge in [0.15, 0.2) is 0 Å². The second-order valence-corrected chi connectivity index (χ2v) is 9.95. The van der Waals surface area contributed by atoms with Crippen molar-refractivity contribution in [2.45, 2.75) is 43.8 Å². The first-order chi connectivity index (χ1) is 18.1. The van der Waals surface area contributed by atoms with Crippen LogP contribution in [0.2, 0.25) is 0 Å². The smallest absolute Gasteiger partial charge is 0.323 e. The molecule has 0 spiro atoms. The van der Waals surface area contributed by atoms with Crippen LogP contribution >= 0.6 is 0 Å². The number of nitrogens with one attached hydrogen (secondary N) is 1. The number of methoxy groups -OCH3 is 1. The maximum Gasteiger partial charge on any atom is 0.323 e. The molecule has 0 aliphatic carbocycles. The van der Waals surface area contributed by atoms with Crippen LogP contribution in [0.4, 0.5) is 0 Å². The van der Waals surface area contributed by atoms with Gasteiger partial charge in [0.05, 0.1) is 12.8 Å². The highest BCUT2D eigenvalue weighted by Gasteiger charge is 2.42. The third-order valence-electron chi connectivity index (χ3n) is 7.63. The summed E-state index contributed by atoms with van der Waals surface area (Å²) in [6, 6.07) is 19.7. The minimum absolute atomic E-state index is 0.0986. The van der Waals surface area contributed by atoms with Crippen molar-refractivity contribution in [2.75, 3.05) is 33.3 Å². The van der Waals surface area contributed by atoms with Gasteiger partial charge in [-0.2, -0.15) is 5.10 Å². The average molecular weight is 502 g/mol. The Balaban J connectivity index is 1.16. The van der Waals surface area contributed by atoms with E-state index < -0.39 is 0 Å². The van der Waals surface area contributed by atoms with E-state index in [-0.39, 0.29) is 24.0 Å². The Morgan fingerprint density at radius 3 is 2.46 bits per heavy atom. The van der Waals surface area contributed by atoms with Gasteiger partial charge in [-0.25, -0.2) is 4.68 Å². The minimum Gasteiger partial charge on any atom is -0.468 e. The average Bonchev–Trinajstić information content (AvgIpc) is 3.63. The van der Waals surface area contributed by atoms with Gasteiger partial charge in [-0.3, -0.25) is 14.5 Å². The maximum atomic E-state index is 13.0. The quantitative estimate of drug-likeness (QED) is 0.478. The van der Waals surface area contributed by atoms with Gasteiger partial charge in [-0.1, -0.05) is 30.3 Å². The number of hydrogen-bond donors (Lipinski definition) is 1. The lowest BCUT2D eigenvalue weighted by Crippen LogP contribution is -2.49. The topological polar surface area (TPSA) is 79.7 Å². The van der Waals surface area contributed by atoms with Crippen LogP contribution in [0.5, 0.6) is 0 Å². The van der Waals surface area contributed by atoms with Crippen LogP contribution < -0.4 is 5.32 Å². The van der Waals surface area contributed by atoms with Crippen LogP contribution in [0.15, 0.2) is 73.1 Å². The number of nitrogens with zero attached hydrogens (tertiary/aromatic N) is 4. The lowest BCUT2D eigenvalue weighted by Gasteiger charge is -2.38. The number of ether oxygens (including phenoxy) is 1. The fourth-order valence-corrected chi connectivity index (χ4v) is 5.60. The fraction of sp³-hybridized carbons (Fsp3) is 0.414. The van der Waals surface area contributed by atoms with Gasteiger partial charge < -0.3 is 15.0 Å². The number of carbonyl (C=O) groups excluding carboxylic acids is 2. The number of rotatable bonds is 8. The molecular weight excluding hydrogens is 466 g/mol. The van der Waals surface area contributed by atoms with Crippen molar-refractivity contribution in [2.24, 2.45) is 0 Å². The fourth-order valence-electron chi connectivity index (χ4n) is 5.60. The monoisotopic (exact) mass is 501 g/mol. The van der Waals surface area contributed by atoms with E-state index in [1.807, 2.05) is 36.5 Å². The molecule has 0 radical (unpaired) electrons. The molecule has 0 unspecified atom stereocenters. The SMILES string of the molecule is COC(=O)[C@@H]1C[C@H](NC(=O)c2ccc(-n3cccn3)cc2)CN1C1CCN(CCc2ccccc2)CC1. The van der Waals surface area contributed by atoms with E-state index in [4.69, 9.17) is 4.74 Å². The molecule has 37 heavy (non-hydrogen) atoms. The number of piperidine rings is 1. The first-order valence-corrected chi connectivity index (χ1v) is 13.1. The van der Waals surface area contributed by atoms with E-state index in [1.54, 1.807) is 10.9 Å². The van der Waals surface area contributed by atoms with Crippen molar-refractivity contribution in [1.29, 1.82) is 0 Å². The molecule has 1 aromatic heterocycles. The zero-order valence-corrected chi connectivity index (χ0v) is 21.3. The highest BCUT2D eigenvalue weighted by Crippen LogP contribution is 2.27. The van der Waals surface area contributed by atoms with Gasteiger partial charge in [0.25, 0.3) is 5.91 Å². The molecule has 1 N–H and O–H groups in total. The van der Waals surface area contributed by atoms with Crippen LogP contribution in [0.1, 0.15) is 35.2 Å². The molecule has 2 saturated heterocycles. The Morgan fingerprint density at radius 2 is 1.78 bits per heavy atom. The van der Waals surface area contributed by atoms with Crippen LogP contribution in [0.25, 0.3) is 5.69 Å². The van der Waals surface area contributed by atoms with Gasteiger partial charge in [-0.05, 0) is 74.7 Å². The standard InChI is InChI=1S/C29H35N5O3/c1-37-29(36)27-20-24(31-28(35)23-8-10-26(11-9-23)34-16-5-15-30-34)21-33(27)25-13-18-32(19-14-25)17-12-22-6-3-2-4-7-22/h2-11,15-16,24-25,27H,12-14,17-21H2,1H3,(H,31,35)/t24-,27-/m0/s1. The van der Waals surface area contributed by atoms with E-state index in [9.17, 15) is 9.59 Å². The summed E-state index contributed by atoms with van der Waals surface area (Å²) in [5, 5.41) is 7.38. The summed E-state index contributed by atoms with van der Waals surface area (Å²) < 4.78 is 6.89. The molecule has 2 aliphatic rings. The lowest BCUT2D eigenvalue weighted by molar-refractivity contribution is -0.147. The van der Waals surface area contributed by atoms with Gasteiger partial charge in [0.2, 0.25) is 0 Å². The summed E-state index contributed by atoms with van der Waals surface area (Å²) in [7, 11) is 1.44. The van der Waals surface area contributed by atoms with Gasteiger partial charge in [0.1, 0.15) is 6.04 Å². The Bertz CT molecular complexity index is 1160. The predicted octanol–water partition coefficient (Wildman–Crippen LogP) is 2.93. The van der Waals surface area contributed by atoms with E-state index in [2.05, 4.69) is 50.5 Å². The lowest BCUT2D eigenvalue weighted by atomic mass is 10.0. The van der Waals surface area contributed by atoms with Gasteiger partial charge >= 0.3 is 5.97 Å². The summed E-state index contributed by atoms with van der Waals surface area (Å²) in [5.41, 5.74) is 2.86. The van der Waals surface area contributed by atoms with Crippen molar-refractivity contribution in [3.63, 3.8) is 0 Å². The van der Waals surface area contributed by atoms with Crippen molar-refractivity contribution in [1.82, 2.24) is 24.9 Å². The predicted molar refractivity (Wildman–Crippen MR) is 142 cm³/mol. The molecule has 1 amide bonds. The molecule has 2 aromatic carbocycles. The normalized spacial score (nSPS) is 21.1. The number of benzene rings is 2. The van der Waals surface area contributed by atoms with E-state index in [0.29, 0.717) is 24.6 Å². The molecule has 2 atom stereocenters. The Kier molecular flexibility index (Phi) is 7.96. The first kappa shape index (κ1) is 25.2. The number of carbonyl (C=O) groups is 2. The molecule has 5 rings (SSSR count). The maximum absolute atomic E-state index is 13.0. The number of aromatic nitrogens is 2. The molecule has 194 valence electrons. The number of esters is 1. The third kappa shape index (κ3) is 6.09. The Labute approximate surface area is 218 Å². The summed E-state index contributed by atoms with van der Waals surface area (Å²) in [6.45, 7) is 3.74. The van der Waals surface area contributed by atoms with Crippen LogP contribution in [-0.2, 0) is 16.0 Å². The van der Waals surface area contributed by atoms with E-state index >= 15 is 0 Å². The zero-order chi connectivity index (χ0) is 25.6. The third-order valence-corrected chi connectivity index (χ3v) is 7.63. The molecule has 3 aromatic rings. The van der Waals surface area contributed by atoms with Crippen LogP contribution in [0.3, 0.4) is 0 Å². The highest BCUT2D eigenvalue weighted by atomic mass is 16.5. The second kappa shape index (κ2) is 11.7. The Morgan fingerprint density at radius 1 is 1.03 bits per heavy atom. The highest BCUT2D eigenvalue weighted by molar-refractivity contribution is 5.94. The van der Waals surface area contributed by atoms with Crippen molar-refractivity contribution >= 4 is 11.9 Å². The number of likely N-dealkylation sites (tertiary alicyclic amines) is 2. The van der Waals surface area contributed by atoms with E-state index in [0.717, 1.165) is 44.6 Å². The largest absolute Gasteiger partial charge is 0.468 e. The van der Waals surface area contributed by atoms with Gasteiger partial charge in [0, 0.05) is 43.1 Å². The number of amides is 1. The second-order valence-electron chi connectivity index (χ2n) is 9.95. The van der Waals surface area contributed by atoms with Gasteiger partial charge in [-0.15, -0.1) is 0 Å². The summed E-state index contributed by atoms with van der Waals surface area (Å²) in [5.74, 6) is -0.343. The minimum atomic E-state index is -0.321. The molecule has 3 heterocycles. The van der Waals surface area contributed by atoms with Crippen molar-refractivity contribution < 1.29 is 14.3 Å². The van der Waals surface area contributed by atoms with Crippen LogP contribution in [-0.4, -0.2) is 82.9 Å². The molecule has 0 bridgehead atoms. The summed E-state index contributed by atoms with van der Waals surface area (Å²) in [4.78, 5) is 30.4. The summed E-state index contributed by atoms with van der Waals surface area (Å²) >= 11 is 0. The molecule has 0 saturated carbocycles. The molecule has 2 aliphatic heterocycles. The zero-order valence-electron chi connectivity index (χ0n) is 21.3. The molecule has 8 nitrogen and oxygen atoms in total. The van der Waals surface area contributed by atoms with Crippen molar-refractivity contribution in [3.05, 3.63) is 84.2 Å². The Hall–Kier alpha value is -3.49. The molecule has 2 fully saturated rings. The van der Waals surface area contributed by atoms with Crippen LogP contribution in [0, 0.1) is 0 Å². The van der Waals surface area contributed by atoms with E-state index in [1.165, 1.54) is 12.7 Å². The summed E-state index contributed by atoms with van der Waals surface area (Å²) in [6.07, 6.45) is 7.23. The molecular formula is C29H35N5O3. The van der Waals surface area contributed by atoms with Crippen molar-refractivity contribution in [3.8, 4) is 5.69 Å². The number of hydrogen-bond acceptors (Lipinski definition) is 6. The molecule has 8 heteroatoms. The first-order valence-electron chi connectivity index (χ1n) is 13.1.